The summed E-state index contributed by atoms with van der Waals surface area (Å²) in [6.07, 6.45) is 0. The van der Waals surface area contributed by atoms with Gasteiger partial charge in [-0.3, -0.25) is 0 Å². The molecule has 6 heteroatoms. The van der Waals surface area contributed by atoms with Crippen molar-refractivity contribution in [3.05, 3.63) is 53.1 Å². The predicted octanol–water partition coefficient (Wildman–Crippen LogP) is 3.81. The molecule has 21 heavy (non-hydrogen) atoms. The Bertz CT molecular complexity index is 702. The van der Waals surface area contributed by atoms with Crippen molar-refractivity contribution in [1.82, 2.24) is 0 Å². The number of hydrogen-bond donors (Lipinski definition) is 3. The molecule has 0 spiro atoms. The van der Waals surface area contributed by atoms with Gasteiger partial charge in [0.05, 0.1) is 17.1 Å². The van der Waals surface area contributed by atoms with Gasteiger partial charge in [-0.2, -0.15) is 0 Å². The summed E-state index contributed by atoms with van der Waals surface area (Å²) in [4.78, 5) is 11.8. The van der Waals surface area contributed by atoms with Crippen LogP contribution >= 0.6 is 0 Å². The molecule has 0 bridgehead atoms. The van der Waals surface area contributed by atoms with Gasteiger partial charge in [0.1, 0.15) is 11.6 Å². The van der Waals surface area contributed by atoms with Crippen molar-refractivity contribution in [2.45, 2.75) is 13.8 Å². The molecule has 2 aromatic carbocycles. The summed E-state index contributed by atoms with van der Waals surface area (Å²) in [5.74, 6) is -1.56. The summed E-state index contributed by atoms with van der Waals surface area (Å²) in [5.41, 5.74) is 8.51. The standard InChI is InChI=1S/C15H15F2N3O/c1-8-5-12(18)14(6-9(8)2)20-15(21)19-13-4-3-10(16)7-11(13)17/h3-7H,18H2,1-2H3,(H2,19,20,21). The molecule has 0 radical (unpaired) electrons. The van der Waals surface area contributed by atoms with Crippen LogP contribution in [-0.4, -0.2) is 6.03 Å². The first kappa shape index (κ1) is 14.8. The van der Waals surface area contributed by atoms with Gasteiger partial charge in [-0.1, -0.05) is 0 Å². The third-order valence-corrected chi connectivity index (χ3v) is 3.09. The summed E-state index contributed by atoms with van der Waals surface area (Å²) in [6, 6.07) is 5.71. The minimum absolute atomic E-state index is 0.115. The molecule has 0 heterocycles. The molecule has 2 aromatic rings. The van der Waals surface area contributed by atoms with Gasteiger partial charge in [-0.15, -0.1) is 0 Å². The fourth-order valence-electron chi connectivity index (χ4n) is 1.81. The lowest BCUT2D eigenvalue weighted by Crippen LogP contribution is -2.21. The van der Waals surface area contributed by atoms with E-state index < -0.39 is 17.7 Å². The van der Waals surface area contributed by atoms with Crippen molar-refractivity contribution in [2.75, 3.05) is 16.4 Å². The van der Waals surface area contributed by atoms with Gasteiger partial charge in [0.25, 0.3) is 0 Å². The highest BCUT2D eigenvalue weighted by atomic mass is 19.1. The predicted molar refractivity (Wildman–Crippen MR) is 79.3 cm³/mol. The molecule has 0 atom stereocenters. The van der Waals surface area contributed by atoms with Crippen LogP contribution in [0.1, 0.15) is 11.1 Å². The van der Waals surface area contributed by atoms with Crippen molar-refractivity contribution in [2.24, 2.45) is 0 Å². The second-order valence-electron chi connectivity index (χ2n) is 4.73. The molecule has 0 saturated heterocycles. The van der Waals surface area contributed by atoms with E-state index in [0.29, 0.717) is 17.4 Å². The molecule has 0 aliphatic rings. The van der Waals surface area contributed by atoms with E-state index in [4.69, 9.17) is 5.73 Å². The number of rotatable bonds is 2. The first-order valence-electron chi connectivity index (χ1n) is 6.26. The monoisotopic (exact) mass is 291 g/mol. The summed E-state index contributed by atoms with van der Waals surface area (Å²) >= 11 is 0. The lowest BCUT2D eigenvalue weighted by Gasteiger charge is -2.12. The zero-order chi connectivity index (χ0) is 15.6. The Hall–Kier alpha value is -2.63. The number of hydrogen-bond acceptors (Lipinski definition) is 2. The van der Waals surface area contributed by atoms with Crippen LogP contribution < -0.4 is 16.4 Å². The van der Waals surface area contributed by atoms with Crippen molar-refractivity contribution < 1.29 is 13.6 Å². The van der Waals surface area contributed by atoms with Gasteiger partial charge in [-0.05, 0) is 49.2 Å². The van der Waals surface area contributed by atoms with Crippen LogP contribution in [0.2, 0.25) is 0 Å². The molecule has 2 amide bonds. The van der Waals surface area contributed by atoms with Crippen molar-refractivity contribution in [1.29, 1.82) is 0 Å². The number of urea groups is 1. The fraction of sp³-hybridized carbons (Fsp3) is 0.133. The Labute approximate surface area is 121 Å². The van der Waals surface area contributed by atoms with Gasteiger partial charge < -0.3 is 16.4 Å². The molecule has 0 aromatic heterocycles. The zero-order valence-corrected chi connectivity index (χ0v) is 11.6. The van der Waals surface area contributed by atoms with Crippen LogP contribution in [0.15, 0.2) is 30.3 Å². The number of anilines is 3. The highest BCUT2D eigenvalue weighted by Crippen LogP contribution is 2.23. The van der Waals surface area contributed by atoms with E-state index in [2.05, 4.69) is 10.6 Å². The Morgan fingerprint density at radius 3 is 2.29 bits per heavy atom. The van der Waals surface area contributed by atoms with Crippen molar-refractivity contribution >= 4 is 23.1 Å². The molecular weight excluding hydrogens is 276 g/mol. The average molecular weight is 291 g/mol. The quantitative estimate of drug-likeness (QED) is 0.736. The van der Waals surface area contributed by atoms with Crippen LogP contribution in [0.5, 0.6) is 0 Å². The summed E-state index contributed by atoms with van der Waals surface area (Å²) in [6.45, 7) is 3.79. The maximum absolute atomic E-state index is 13.4. The third-order valence-electron chi connectivity index (χ3n) is 3.09. The van der Waals surface area contributed by atoms with E-state index in [0.717, 1.165) is 23.3 Å². The van der Waals surface area contributed by atoms with E-state index in [-0.39, 0.29) is 5.69 Å². The highest BCUT2D eigenvalue weighted by molar-refractivity contribution is 6.01. The Morgan fingerprint density at radius 1 is 1.00 bits per heavy atom. The van der Waals surface area contributed by atoms with E-state index in [9.17, 15) is 13.6 Å². The minimum Gasteiger partial charge on any atom is -0.397 e. The van der Waals surface area contributed by atoms with Gasteiger partial charge in [-0.25, -0.2) is 13.6 Å². The third kappa shape index (κ3) is 3.47. The molecule has 0 aliphatic heterocycles. The molecular formula is C15H15F2N3O. The summed E-state index contributed by atoms with van der Waals surface area (Å²) < 4.78 is 26.2. The normalized spacial score (nSPS) is 10.3. The van der Waals surface area contributed by atoms with Crippen LogP contribution in [-0.2, 0) is 0 Å². The molecule has 2 rings (SSSR count). The molecule has 110 valence electrons. The van der Waals surface area contributed by atoms with Crippen molar-refractivity contribution in [3.8, 4) is 0 Å². The second kappa shape index (κ2) is 5.78. The van der Waals surface area contributed by atoms with Crippen LogP contribution in [0.4, 0.5) is 30.6 Å². The van der Waals surface area contributed by atoms with E-state index in [1.807, 2.05) is 13.8 Å². The van der Waals surface area contributed by atoms with Crippen LogP contribution in [0.25, 0.3) is 0 Å². The van der Waals surface area contributed by atoms with Crippen LogP contribution in [0.3, 0.4) is 0 Å². The number of nitrogen functional groups attached to an aromatic ring is 1. The molecule has 0 saturated carbocycles. The molecule has 0 fully saturated rings. The zero-order valence-electron chi connectivity index (χ0n) is 11.6. The topological polar surface area (TPSA) is 67.1 Å². The largest absolute Gasteiger partial charge is 0.397 e. The molecule has 0 unspecified atom stereocenters. The number of carbonyl (C=O) groups is 1. The van der Waals surface area contributed by atoms with E-state index in [1.54, 1.807) is 12.1 Å². The first-order valence-corrected chi connectivity index (χ1v) is 6.26. The number of carbonyl (C=O) groups excluding carboxylic acids is 1. The number of nitrogens with one attached hydrogen (secondary N) is 2. The van der Waals surface area contributed by atoms with E-state index >= 15 is 0 Å². The highest BCUT2D eigenvalue weighted by Gasteiger charge is 2.10. The molecule has 4 nitrogen and oxygen atoms in total. The average Bonchev–Trinajstić information content (AvgIpc) is 2.39. The van der Waals surface area contributed by atoms with Crippen molar-refractivity contribution in [3.63, 3.8) is 0 Å². The maximum atomic E-state index is 13.4. The van der Waals surface area contributed by atoms with Gasteiger partial charge in [0.15, 0.2) is 0 Å². The fourth-order valence-corrected chi connectivity index (χ4v) is 1.81. The number of amides is 2. The molecule has 4 N–H and O–H groups in total. The lowest BCUT2D eigenvalue weighted by atomic mass is 10.1. The Kier molecular flexibility index (Phi) is 4.07. The summed E-state index contributed by atoms with van der Waals surface area (Å²) in [7, 11) is 0. The van der Waals surface area contributed by atoms with Gasteiger partial charge in [0.2, 0.25) is 0 Å². The summed E-state index contributed by atoms with van der Waals surface area (Å²) in [5, 5.41) is 4.83. The number of benzene rings is 2. The maximum Gasteiger partial charge on any atom is 0.323 e. The number of halogens is 2. The first-order chi connectivity index (χ1) is 9.86. The van der Waals surface area contributed by atoms with Crippen LogP contribution in [0, 0.1) is 25.5 Å². The smallest absolute Gasteiger partial charge is 0.323 e. The van der Waals surface area contributed by atoms with E-state index in [1.165, 1.54) is 0 Å². The number of nitrogens with two attached hydrogens (primary N) is 1. The lowest BCUT2D eigenvalue weighted by molar-refractivity contribution is 0.262. The Morgan fingerprint density at radius 2 is 1.62 bits per heavy atom. The minimum atomic E-state index is -0.849. The number of aryl methyl sites for hydroxylation is 2. The molecule has 0 aliphatic carbocycles. The second-order valence-corrected chi connectivity index (χ2v) is 4.73. The SMILES string of the molecule is Cc1cc(N)c(NC(=O)Nc2ccc(F)cc2F)cc1C. The van der Waals surface area contributed by atoms with Gasteiger partial charge >= 0.3 is 6.03 Å². The van der Waals surface area contributed by atoms with Gasteiger partial charge in [0, 0.05) is 6.07 Å². The Balaban J connectivity index is 2.13.